The standard InChI is InChI=1S/C12H18N2O3S/c1-3-4-5-6-11(15)14-10-7-8-12(13-9-10)18(2,16)17/h7-9H,3-6H2,1-2H3,(H,14,15). The Morgan fingerprint density at radius 3 is 2.56 bits per heavy atom. The molecule has 0 aliphatic rings. The van der Waals surface area contributed by atoms with Gasteiger partial charge in [0.25, 0.3) is 0 Å². The molecule has 1 rings (SSSR count). The van der Waals surface area contributed by atoms with E-state index in [9.17, 15) is 13.2 Å². The molecule has 1 heterocycles. The molecule has 5 nitrogen and oxygen atoms in total. The van der Waals surface area contributed by atoms with Gasteiger partial charge in [-0.15, -0.1) is 0 Å². The van der Waals surface area contributed by atoms with Crippen LogP contribution in [0.5, 0.6) is 0 Å². The van der Waals surface area contributed by atoms with Gasteiger partial charge < -0.3 is 5.32 Å². The molecule has 1 amide bonds. The molecule has 0 fully saturated rings. The average Bonchev–Trinajstić information content (AvgIpc) is 2.29. The predicted molar refractivity (Wildman–Crippen MR) is 70.1 cm³/mol. The van der Waals surface area contributed by atoms with Crippen molar-refractivity contribution < 1.29 is 13.2 Å². The van der Waals surface area contributed by atoms with Crippen LogP contribution in [0.15, 0.2) is 23.4 Å². The highest BCUT2D eigenvalue weighted by atomic mass is 32.2. The van der Waals surface area contributed by atoms with E-state index < -0.39 is 9.84 Å². The number of nitrogens with zero attached hydrogens (tertiary/aromatic N) is 1. The van der Waals surface area contributed by atoms with E-state index in [2.05, 4.69) is 17.2 Å². The molecule has 100 valence electrons. The van der Waals surface area contributed by atoms with E-state index in [-0.39, 0.29) is 10.9 Å². The zero-order valence-electron chi connectivity index (χ0n) is 10.6. The average molecular weight is 270 g/mol. The summed E-state index contributed by atoms with van der Waals surface area (Å²) in [4.78, 5) is 15.3. The number of sulfone groups is 1. The fourth-order valence-electron chi connectivity index (χ4n) is 1.43. The van der Waals surface area contributed by atoms with Gasteiger partial charge in [-0.3, -0.25) is 4.79 Å². The summed E-state index contributed by atoms with van der Waals surface area (Å²) < 4.78 is 22.4. The summed E-state index contributed by atoms with van der Waals surface area (Å²) in [6, 6.07) is 2.93. The van der Waals surface area contributed by atoms with Crippen LogP contribution >= 0.6 is 0 Å². The zero-order valence-corrected chi connectivity index (χ0v) is 11.5. The maximum atomic E-state index is 11.5. The van der Waals surface area contributed by atoms with Gasteiger partial charge in [0.05, 0.1) is 11.9 Å². The van der Waals surface area contributed by atoms with Crippen LogP contribution in [0.25, 0.3) is 0 Å². The van der Waals surface area contributed by atoms with Gasteiger partial charge in [-0.05, 0) is 18.6 Å². The summed E-state index contributed by atoms with van der Waals surface area (Å²) >= 11 is 0. The minimum atomic E-state index is -3.29. The van der Waals surface area contributed by atoms with Gasteiger partial charge in [-0.25, -0.2) is 13.4 Å². The minimum absolute atomic E-state index is 0.00600. The van der Waals surface area contributed by atoms with E-state index in [0.29, 0.717) is 12.1 Å². The van der Waals surface area contributed by atoms with Gasteiger partial charge in [-0.1, -0.05) is 19.8 Å². The Labute approximate surface area is 108 Å². The van der Waals surface area contributed by atoms with Crippen molar-refractivity contribution in [3.63, 3.8) is 0 Å². The quantitative estimate of drug-likeness (QED) is 0.802. The lowest BCUT2D eigenvalue weighted by Crippen LogP contribution is -2.11. The van der Waals surface area contributed by atoms with Crippen LogP contribution in [0.1, 0.15) is 32.6 Å². The number of carbonyl (C=O) groups is 1. The lowest BCUT2D eigenvalue weighted by Gasteiger charge is -2.05. The van der Waals surface area contributed by atoms with Crippen molar-refractivity contribution in [1.29, 1.82) is 0 Å². The van der Waals surface area contributed by atoms with E-state index in [1.165, 1.54) is 12.3 Å². The van der Waals surface area contributed by atoms with E-state index in [4.69, 9.17) is 0 Å². The topological polar surface area (TPSA) is 76.1 Å². The van der Waals surface area contributed by atoms with E-state index >= 15 is 0 Å². The third kappa shape index (κ3) is 4.83. The molecule has 18 heavy (non-hydrogen) atoms. The highest BCUT2D eigenvalue weighted by Gasteiger charge is 2.08. The molecule has 1 N–H and O–H groups in total. The summed E-state index contributed by atoms with van der Waals surface area (Å²) in [5.74, 6) is -0.0719. The van der Waals surface area contributed by atoms with Crippen molar-refractivity contribution in [2.24, 2.45) is 0 Å². The number of anilines is 1. The highest BCUT2D eigenvalue weighted by Crippen LogP contribution is 2.11. The Kier molecular flexibility index (Phi) is 5.27. The summed E-state index contributed by atoms with van der Waals surface area (Å²) in [7, 11) is -3.29. The Morgan fingerprint density at radius 1 is 1.33 bits per heavy atom. The number of hydrogen-bond donors (Lipinski definition) is 1. The second-order valence-corrected chi connectivity index (χ2v) is 6.13. The fraction of sp³-hybridized carbons (Fsp3) is 0.500. The number of aromatic nitrogens is 1. The number of unbranched alkanes of at least 4 members (excludes halogenated alkanes) is 2. The predicted octanol–water partition coefficient (Wildman–Crippen LogP) is 2.00. The molecule has 0 aromatic carbocycles. The van der Waals surface area contributed by atoms with Gasteiger partial charge in [-0.2, -0.15) is 0 Å². The first-order valence-corrected chi connectivity index (χ1v) is 7.78. The van der Waals surface area contributed by atoms with E-state index in [0.717, 1.165) is 25.5 Å². The summed E-state index contributed by atoms with van der Waals surface area (Å²) in [5, 5.41) is 2.69. The number of rotatable bonds is 6. The first kappa shape index (κ1) is 14.6. The van der Waals surface area contributed by atoms with E-state index in [1.54, 1.807) is 6.07 Å². The van der Waals surface area contributed by atoms with Crippen molar-refractivity contribution in [3.05, 3.63) is 18.3 Å². The van der Waals surface area contributed by atoms with Crippen molar-refractivity contribution in [2.45, 2.75) is 37.6 Å². The van der Waals surface area contributed by atoms with Gasteiger partial charge in [0.1, 0.15) is 0 Å². The maximum absolute atomic E-state index is 11.5. The molecule has 0 bridgehead atoms. The number of hydrogen-bond acceptors (Lipinski definition) is 4. The molecule has 0 aliphatic carbocycles. The lowest BCUT2D eigenvalue weighted by atomic mass is 10.2. The van der Waals surface area contributed by atoms with Crippen LogP contribution < -0.4 is 5.32 Å². The molecule has 0 aliphatic heterocycles. The zero-order chi connectivity index (χ0) is 13.6. The summed E-state index contributed by atoms with van der Waals surface area (Å²) in [5.41, 5.74) is 0.517. The van der Waals surface area contributed by atoms with Crippen molar-refractivity contribution in [1.82, 2.24) is 4.98 Å². The van der Waals surface area contributed by atoms with Gasteiger partial charge in [0.2, 0.25) is 5.91 Å². The number of pyridine rings is 1. The minimum Gasteiger partial charge on any atom is -0.325 e. The van der Waals surface area contributed by atoms with Crippen LogP contribution in [0.4, 0.5) is 5.69 Å². The van der Waals surface area contributed by atoms with Crippen molar-refractivity contribution in [2.75, 3.05) is 11.6 Å². The molecule has 0 unspecified atom stereocenters. The van der Waals surface area contributed by atoms with Crippen LogP contribution in [-0.2, 0) is 14.6 Å². The smallest absolute Gasteiger partial charge is 0.224 e. The Morgan fingerprint density at radius 2 is 2.06 bits per heavy atom. The van der Waals surface area contributed by atoms with Gasteiger partial charge in [0, 0.05) is 12.7 Å². The molecule has 0 atom stereocenters. The normalized spacial score (nSPS) is 11.2. The second kappa shape index (κ2) is 6.49. The summed E-state index contributed by atoms with van der Waals surface area (Å²) in [6.07, 6.45) is 5.88. The highest BCUT2D eigenvalue weighted by molar-refractivity contribution is 7.90. The van der Waals surface area contributed by atoms with Gasteiger partial charge >= 0.3 is 0 Å². The largest absolute Gasteiger partial charge is 0.325 e. The molecule has 0 radical (unpaired) electrons. The van der Waals surface area contributed by atoms with Crippen molar-refractivity contribution >= 4 is 21.4 Å². The van der Waals surface area contributed by atoms with Crippen molar-refractivity contribution in [3.8, 4) is 0 Å². The Balaban J connectivity index is 2.56. The molecule has 0 saturated heterocycles. The second-order valence-electron chi connectivity index (χ2n) is 4.16. The third-order valence-corrected chi connectivity index (χ3v) is 3.41. The molecule has 1 aromatic rings. The molecule has 0 spiro atoms. The first-order valence-electron chi connectivity index (χ1n) is 5.89. The number of amides is 1. The lowest BCUT2D eigenvalue weighted by molar-refractivity contribution is -0.116. The Bertz CT molecular complexity index is 495. The van der Waals surface area contributed by atoms with Crippen LogP contribution in [-0.4, -0.2) is 25.6 Å². The summed E-state index contributed by atoms with van der Waals surface area (Å²) in [6.45, 7) is 2.08. The Hall–Kier alpha value is -1.43. The SMILES string of the molecule is CCCCCC(=O)Nc1ccc(S(C)(=O)=O)nc1. The first-order chi connectivity index (χ1) is 8.43. The number of carbonyl (C=O) groups excluding carboxylic acids is 1. The third-order valence-electron chi connectivity index (χ3n) is 2.41. The van der Waals surface area contributed by atoms with Crippen LogP contribution in [0, 0.1) is 0 Å². The molecule has 6 heteroatoms. The van der Waals surface area contributed by atoms with Crippen LogP contribution in [0.2, 0.25) is 0 Å². The molecular weight excluding hydrogens is 252 g/mol. The monoisotopic (exact) mass is 270 g/mol. The maximum Gasteiger partial charge on any atom is 0.224 e. The van der Waals surface area contributed by atoms with E-state index in [1.807, 2.05) is 0 Å². The van der Waals surface area contributed by atoms with Crippen LogP contribution in [0.3, 0.4) is 0 Å². The molecule has 1 aromatic heterocycles. The molecular formula is C12H18N2O3S. The molecule has 0 saturated carbocycles. The number of nitrogens with one attached hydrogen (secondary N) is 1. The van der Waals surface area contributed by atoms with Gasteiger partial charge in [0.15, 0.2) is 14.9 Å². The fourth-order valence-corrected chi connectivity index (χ4v) is 1.99.